The van der Waals surface area contributed by atoms with E-state index >= 15 is 0 Å². The van der Waals surface area contributed by atoms with Crippen molar-refractivity contribution < 1.29 is 14.0 Å². The standard InChI is InChI=1S/C21H21FN6O2/c1-3-14-4-6-16(7-5-14)27-12-15(10-20(27)29)21(30)23-19-11-17(8-9-18(19)22)28-13(2)24-25-26-28/h4-9,11,15H,3,10,12H2,1-2H3,(H,23,30). The Morgan fingerprint density at radius 3 is 2.60 bits per heavy atom. The number of hydrogen-bond acceptors (Lipinski definition) is 5. The van der Waals surface area contributed by atoms with E-state index in [2.05, 4.69) is 27.8 Å². The maximum Gasteiger partial charge on any atom is 0.229 e. The average Bonchev–Trinajstić information content (AvgIpc) is 3.35. The van der Waals surface area contributed by atoms with Crippen molar-refractivity contribution >= 4 is 23.2 Å². The zero-order valence-corrected chi connectivity index (χ0v) is 16.7. The molecular formula is C21H21FN6O2. The van der Waals surface area contributed by atoms with Gasteiger partial charge in [-0.25, -0.2) is 4.39 Å². The molecule has 1 aliphatic rings. The highest BCUT2D eigenvalue weighted by Crippen LogP contribution is 2.27. The Labute approximate surface area is 172 Å². The molecule has 9 heteroatoms. The lowest BCUT2D eigenvalue weighted by Crippen LogP contribution is -2.28. The number of rotatable bonds is 5. The summed E-state index contributed by atoms with van der Waals surface area (Å²) in [6.45, 7) is 4.03. The molecular weight excluding hydrogens is 387 g/mol. The first kappa shape index (κ1) is 19.7. The van der Waals surface area contributed by atoms with E-state index in [4.69, 9.17) is 0 Å². The summed E-state index contributed by atoms with van der Waals surface area (Å²) < 4.78 is 15.7. The predicted molar refractivity (Wildman–Crippen MR) is 109 cm³/mol. The molecule has 2 heterocycles. The Morgan fingerprint density at radius 1 is 1.20 bits per heavy atom. The van der Waals surface area contributed by atoms with Crippen LogP contribution in [0.4, 0.5) is 15.8 Å². The number of aromatic nitrogens is 4. The second-order valence-corrected chi connectivity index (χ2v) is 7.22. The van der Waals surface area contributed by atoms with Crippen LogP contribution in [-0.4, -0.2) is 38.6 Å². The van der Waals surface area contributed by atoms with Gasteiger partial charge in [0.05, 0.1) is 17.3 Å². The van der Waals surface area contributed by atoms with Gasteiger partial charge in [-0.15, -0.1) is 5.10 Å². The Kier molecular flexibility index (Phi) is 5.26. The van der Waals surface area contributed by atoms with Crippen LogP contribution in [0.5, 0.6) is 0 Å². The van der Waals surface area contributed by atoms with Crippen LogP contribution in [0.25, 0.3) is 5.69 Å². The van der Waals surface area contributed by atoms with Crippen molar-refractivity contribution in [3.05, 3.63) is 59.7 Å². The number of hydrogen-bond donors (Lipinski definition) is 1. The molecule has 8 nitrogen and oxygen atoms in total. The van der Waals surface area contributed by atoms with E-state index in [1.54, 1.807) is 11.8 Å². The van der Waals surface area contributed by atoms with Gasteiger partial charge in [0.2, 0.25) is 11.8 Å². The van der Waals surface area contributed by atoms with Gasteiger partial charge in [-0.2, -0.15) is 4.68 Å². The predicted octanol–water partition coefficient (Wildman–Crippen LogP) is 2.66. The number of nitrogens with one attached hydrogen (secondary N) is 1. The number of carbonyl (C=O) groups excluding carboxylic acids is 2. The zero-order chi connectivity index (χ0) is 21.3. The molecule has 0 aliphatic carbocycles. The number of aryl methyl sites for hydroxylation is 2. The van der Waals surface area contributed by atoms with Crippen molar-refractivity contribution in [2.24, 2.45) is 5.92 Å². The molecule has 1 unspecified atom stereocenters. The van der Waals surface area contributed by atoms with E-state index in [-0.39, 0.29) is 24.6 Å². The maximum absolute atomic E-state index is 14.3. The van der Waals surface area contributed by atoms with Gasteiger partial charge in [-0.05, 0) is 59.7 Å². The van der Waals surface area contributed by atoms with Crippen molar-refractivity contribution in [1.29, 1.82) is 0 Å². The molecule has 30 heavy (non-hydrogen) atoms. The van der Waals surface area contributed by atoms with Crippen molar-refractivity contribution in [3.63, 3.8) is 0 Å². The molecule has 2 aromatic carbocycles. The topological polar surface area (TPSA) is 93.0 Å². The second kappa shape index (κ2) is 8.02. The fourth-order valence-electron chi connectivity index (χ4n) is 3.49. The molecule has 1 fully saturated rings. The molecule has 1 saturated heterocycles. The van der Waals surface area contributed by atoms with Gasteiger partial charge in [0.1, 0.15) is 5.82 Å². The summed E-state index contributed by atoms with van der Waals surface area (Å²) in [5, 5.41) is 13.8. The molecule has 0 spiro atoms. The lowest BCUT2D eigenvalue weighted by atomic mass is 10.1. The molecule has 1 N–H and O–H groups in total. The number of anilines is 2. The first-order valence-corrected chi connectivity index (χ1v) is 9.71. The third-order valence-corrected chi connectivity index (χ3v) is 5.23. The number of halogens is 1. The van der Waals surface area contributed by atoms with Crippen LogP contribution in [0.2, 0.25) is 0 Å². The normalized spacial score (nSPS) is 16.2. The summed E-state index contributed by atoms with van der Waals surface area (Å²) in [6, 6.07) is 11.9. The van der Waals surface area contributed by atoms with Gasteiger partial charge < -0.3 is 10.2 Å². The van der Waals surface area contributed by atoms with Crippen LogP contribution in [0.15, 0.2) is 42.5 Å². The molecule has 2 amide bonds. The number of tetrazole rings is 1. The third-order valence-electron chi connectivity index (χ3n) is 5.23. The Hall–Kier alpha value is -3.62. The number of benzene rings is 2. The zero-order valence-electron chi connectivity index (χ0n) is 16.7. The molecule has 4 rings (SSSR count). The number of nitrogens with zero attached hydrogens (tertiary/aromatic N) is 5. The van der Waals surface area contributed by atoms with Crippen LogP contribution in [0.3, 0.4) is 0 Å². The van der Waals surface area contributed by atoms with Crippen LogP contribution < -0.4 is 10.2 Å². The molecule has 0 radical (unpaired) electrons. The minimum Gasteiger partial charge on any atom is -0.323 e. The second-order valence-electron chi connectivity index (χ2n) is 7.22. The van der Waals surface area contributed by atoms with Crippen LogP contribution in [0.1, 0.15) is 24.7 Å². The van der Waals surface area contributed by atoms with E-state index in [1.807, 2.05) is 24.3 Å². The third kappa shape index (κ3) is 3.78. The molecule has 1 aromatic heterocycles. The fraction of sp³-hybridized carbons (Fsp3) is 0.286. The van der Waals surface area contributed by atoms with Crippen molar-refractivity contribution in [2.45, 2.75) is 26.7 Å². The molecule has 0 bridgehead atoms. The average molecular weight is 408 g/mol. The summed E-state index contributed by atoms with van der Waals surface area (Å²) in [5.41, 5.74) is 2.47. The largest absolute Gasteiger partial charge is 0.323 e. The van der Waals surface area contributed by atoms with E-state index < -0.39 is 17.6 Å². The summed E-state index contributed by atoms with van der Waals surface area (Å²) in [6.07, 6.45) is 0.989. The molecule has 154 valence electrons. The van der Waals surface area contributed by atoms with E-state index in [9.17, 15) is 14.0 Å². The first-order valence-electron chi connectivity index (χ1n) is 9.71. The van der Waals surface area contributed by atoms with Crippen molar-refractivity contribution in [3.8, 4) is 5.69 Å². The number of amides is 2. The van der Waals surface area contributed by atoms with Gasteiger partial charge >= 0.3 is 0 Å². The van der Waals surface area contributed by atoms with Crippen molar-refractivity contribution in [2.75, 3.05) is 16.8 Å². The monoisotopic (exact) mass is 408 g/mol. The highest BCUT2D eigenvalue weighted by molar-refractivity contribution is 6.03. The minimum atomic E-state index is -0.575. The first-order chi connectivity index (χ1) is 14.5. The Balaban J connectivity index is 1.49. The van der Waals surface area contributed by atoms with Gasteiger partial charge in [0, 0.05) is 18.7 Å². The molecule has 1 aliphatic heterocycles. The van der Waals surface area contributed by atoms with Gasteiger partial charge in [-0.3, -0.25) is 9.59 Å². The Bertz CT molecular complexity index is 1100. The summed E-state index contributed by atoms with van der Waals surface area (Å²) in [7, 11) is 0. The van der Waals surface area contributed by atoms with Crippen molar-refractivity contribution in [1.82, 2.24) is 20.2 Å². The van der Waals surface area contributed by atoms with Crippen LogP contribution in [0, 0.1) is 18.7 Å². The lowest BCUT2D eigenvalue weighted by molar-refractivity contribution is -0.122. The van der Waals surface area contributed by atoms with E-state index in [0.717, 1.165) is 12.1 Å². The van der Waals surface area contributed by atoms with Crippen LogP contribution >= 0.6 is 0 Å². The summed E-state index contributed by atoms with van der Waals surface area (Å²) in [4.78, 5) is 26.8. The van der Waals surface area contributed by atoms with E-state index in [1.165, 1.54) is 28.4 Å². The quantitative estimate of drug-likeness (QED) is 0.701. The Morgan fingerprint density at radius 2 is 1.93 bits per heavy atom. The van der Waals surface area contributed by atoms with Gasteiger partial charge in [0.25, 0.3) is 0 Å². The van der Waals surface area contributed by atoms with Gasteiger partial charge in [-0.1, -0.05) is 19.1 Å². The van der Waals surface area contributed by atoms with Crippen LogP contribution in [-0.2, 0) is 16.0 Å². The minimum absolute atomic E-state index is 0.0191. The number of carbonyl (C=O) groups is 2. The molecule has 0 saturated carbocycles. The summed E-state index contributed by atoms with van der Waals surface area (Å²) in [5.74, 6) is -1.14. The highest BCUT2D eigenvalue weighted by Gasteiger charge is 2.35. The lowest BCUT2D eigenvalue weighted by Gasteiger charge is -2.17. The molecule has 1 atom stereocenters. The fourth-order valence-corrected chi connectivity index (χ4v) is 3.49. The van der Waals surface area contributed by atoms with E-state index in [0.29, 0.717) is 11.5 Å². The molecule has 3 aromatic rings. The highest BCUT2D eigenvalue weighted by atomic mass is 19.1. The van der Waals surface area contributed by atoms with Gasteiger partial charge in [0.15, 0.2) is 5.82 Å². The SMILES string of the molecule is CCc1ccc(N2CC(C(=O)Nc3cc(-n4nnnc4C)ccc3F)CC2=O)cc1. The summed E-state index contributed by atoms with van der Waals surface area (Å²) >= 11 is 0. The maximum atomic E-state index is 14.3. The smallest absolute Gasteiger partial charge is 0.229 e.